The summed E-state index contributed by atoms with van der Waals surface area (Å²) >= 11 is 0. The van der Waals surface area contributed by atoms with Crippen molar-refractivity contribution in [3.05, 3.63) is 40.8 Å². The molecular weight excluding hydrogens is 210 g/mol. The summed E-state index contributed by atoms with van der Waals surface area (Å²) in [4.78, 5) is 2.22. The summed E-state index contributed by atoms with van der Waals surface area (Å²) in [5.41, 5.74) is 7.94. The second kappa shape index (κ2) is 4.76. The minimum atomic E-state index is -3.80. The molecule has 0 bridgehead atoms. The van der Waals surface area contributed by atoms with E-state index in [4.69, 9.17) is 5.53 Å². The zero-order valence-corrected chi connectivity index (χ0v) is 8.27. The summed E-state index contributed by atoms with van der Waals surface area (Å²) < 4.78 is 24.7. The SMILES string of the molecule is S.[N-]=[N+]=NS(=O)(=O)c1ccccc1. The Bertz CT molecular complexity index is 409. The van der Waals surface area contributed by atoms with Crippen LogP contribution in [0.25, 0.3) is 10.4 Å². The number of sulfonamides is 1. The van der Waals surface area contributed by atoms with Gasteiger partial charge < -0.3 is 0 Å². The highest BCUT2D eigenvalue weighted by atomic mass is 32.2. The molecule has 1 rings (SSSR count). The van der Waals surface area contributed by atoms with Crippen molar-refractivity contribution in [1.82, 2.24) is 0 Å². The molecule has 0 aromatic heterocycles. The highest BCUT2D eigenvalue weighted by Gasteiger charge is 2.09. The maximum absolute atomic E-state index is 11.0. The van der Waals surface area contributed by atoms with Crippen LogP contribution >= 0.6 is 13.5 Å². The van der Waals surface area contributed by atoms with Gasteiger partial charge in [-0.3, -0.25) is 0 Å². The van der Waals surface area contributed by atoms with Crippen molar-refractivity contribution < 1.29 is 8.42 Å². The molecule has 0 fully saturated rings. The molecule has 0 aliphatic rings. The van der Waals surface area contributed by atoms with Crippen LogP contribution in [-0.4, -0.2) is 8.42 Å². The molecule has 0 spiro atoms. The fourth-order valence-corrected chi connectivity index (χ4v) is 1.38. The van der Waals surface area contributed by atoms with Gasteiger partial charge in [0.25, 0.3) is 10.0 Å². The average molecular weight is 217 g/mol. The van der Waals surface area contributed by atoms with Crippen molar-refractivity contribution in [3.8, 4) is 0 Å². The van der Waals surface area contributed by atoms with Crippen LogP contribution in [0.5, 0.6) is 0 Å². The summed E-state index contributed by atoms with van der Waals surface area (Å²) in [7, 11) is -3.80. The third kappa shape index (κ3) is 2.98. The van der Waals surface area contributed by atoms with E-state index in [2.05, 4.69) is 9.43 Å². The molecule has 1 aromatic rings. The van der Waals surface area contributed by atoms with Crippen molar-refractivity contribution in [2.24, 2.45) is 4.52 Å². The summed E-state index contributed by atoms with van der Waals surface area (Å²) in [5, 5.41) is 0. The van der Waals surface area contributed by atoms with Gasteiger partial charge in [-0.05, 0) is 17.7 Å². The number of hydrogen-bond acceptors (Lipinski definition) is 2. The Morgan fingerprint density at radius 1 is 1.23 bits per heavy atom. The van der Waals surface area contributed by atoms with Crippen molar-refractivity contribution in [3.63, 3.8) is 0 Å². The van der Waals surface area contributed by atoms with E-state index in [0.717, 1.165) is 0 Å². The summed E-state index contributed by atoms with van der Waals surface area (Å²) in [6.45, 7) is 0. The van der Waals surface area contributed by atoms with Crippen molar-refractivity contribution >= 4 is 23.5 Å². The van der Waals surface area contributed by atoms with Crippen LogP contribution in [0.1, 0.15) is 0 Å². The fourth-order valence-electron chi connectivity index (χ4n) is 0.688. The Hall–Kier alpha value is -1.17. The molecule has 13 heavy (non-hydrogen) atoms. The molecule has 0 heterocycles. The standard InChI is InChI=1S/C6H5N3O2S.H2S/c7-8-9-12(10,11)6-4-2-1-3-5-6;/h1-5H;1H2. The Morgan fingerprint density at radius 3 is 2.23 bits per heavy atom. The van der Waals surface area contributed by atoms with Crippen LogP contribution in [0, 0.1) is 0 Å². The Morgan fingerprint density at radius 2 is 1.77 bits per heavy atom. The molecule has 0 amide bonds. The molecule has 0 unspecified atom stereocenters. The van der Waals surface area contributed by atoms with E-state index in [-0.39, 0.29) is 18.4 Å². The largest absolute Gasteiger partial charge is 0.264 e. The smallest absolute Gasteiger partial charge is 0.216 e. The Balaban J connectivity index is 0.00000144. The highest BCUT2D eigenvalue weighted by molar-refractivity contribution is 7.90. The molecule has 0 radical (unpaired) electrons. The molecule has 0 N–H and O–H groups in total. The number of azide groups is 1. The van der Waals surface area contributed by atoms with Gasteiger partial charge in [0.05, 0.1) is 4.90 Å². The molecule has 0 saturated carbocycles. The number of rotatable bonds is 2. The predicted octanol–water partition coefficient (Wildman–Crippen LogP) is 1.80. The van der Waals surface area contributed by atoms with Gasteiger partial charge >= 0.3 is 0 Å². The normalized spacial score (nSPS) is 9.54. The lowest BCUT2D eigenvalue weighted by atomic mass is 10.4. The summed E-state index contributed by atoms with van der Waals surface area (Å²) in [5.74, 6) is 0. The minimum absolute atomic E-state index is 0. The fraction of sp³-hybridized carbons (Fsp3) is 0. The number of hydrogen-bond donors (Lipinski definition) is 0. The molecule has 5 nitrogen and oxygen atoms in total. The zero-order chi connectivity index (χ0) is 9.03. The number of nitrogens with zero attached hydrogens (tertiary/aromatic N) is 3. The summed E-state index contributed by atoms with van der Waals surface area (Å²) in [6.07, 6.45) is 0. The third-order valence-electron chi connectivity index (χ3n) is 1.19. The van der Waals surface area contributed by atoms with Crippen molar-refractivity contribution in [1.29, 1.82) is 0 Å². The Labute approximate surface area is 82.5 Å². The van der Waals surface area contributed by atoms with E-state index < -0.39 is 10.0 Å². The van der Waals surface area contributed by atoms with Gasteiger partial charge in [-0.15, -0.1) is 0 Å². The number of benzene rings is 1. The Kier molecular flexibility index (Phi) is 4.33. The van der Waals surface area contributed by atoms with Crippen LogP contribution in [0.2, 0.25) is 0 Å². The van der Waals surface area contributed by atoms with Crippen LogP contribution < -0.4 is 0 Å². The van der Waals surface area contributed by atoms with Crippen molar-refractivity contribution in [2.75, 3.05) is 0 Å². The predicted molar refractivity (Wildman–Crippen MR) is 53.2 cm³/mol. The van der Waals surface area contributed by atoms with E-state index >= 15 is 0 Å². The molecule has 1 aromatic carbocycles. The highest BCUT2D eigenvalue weighted by Crippen LogP contribution is 2.10. The lowest BCUT2D eigenvalue weighted by Crippen LogP contribution is -1.93. The molecular formula is C6H7N3O2S2. The van der Waals surface area contributed by atoms with Gasteiger partial charge in [-0.25, -0.2) is 8.42 Å². The quantitative estimate of drug-likeness (QED) is 0.430. The molecule has 0 saturated heterocycles. The molecule has 0 aliphatic heterocycles. The topological polar surface area (TPSA) is 82.9 Å². The monoisotopic (exact) mass is 217 g/mol. The van der Waals surface area contributed by atoms with E-state index in [9.17, 15) is 8.42 Å². The first-order valence-corrected chi connectivity index (χ1v) is 4.47. The second-order valence-electron chi connectivity index (χ2n) is 1.96. The first kappa shape index (κ1) is 11.8. The van der Waals surface area contributed by atoms with E-state index in [1.807, 2.05) is 0 Å². The van der Waals surface area contributed by atoms with Gasteiger partial charge in [-0.2, -0.15) is 13.5 Å². The zero-order valence-electron chi connectivity index (χ0n) is 6.45. The summed E-state index contributed by atoms with van der Waals surface area (Å²) in [6, 6.07) is 7.52. The van der Waals surface area contributed by atoms with Gasteiger partial charge in [0.1, 0.15) is 0 Å². The molecule has 70 valence electrons. The lowest BCUT2D eigenvalue weighted by Gasteiger charge is -1.93. The average Bonchev–Trinajstić information content (AvgIpc) is 2.06. The van der Waals surface area contributed by atoms with Gasteiger partial charge in [-0.1, -0.05) is 18.2 Å². The maximum atomic E-state index is 11.0. The second-order valence-corrected chi connectivity index (χ2v) is 3.54. The van der Waals surface area contributed by atoms with E-state index in [0.29, 0.717) is 0 Å². The third-order valence-corrected chi connectivity index (χ3v) is 2.34. The molecule has 7 heteroatoms. The van der Waals surface area contributed by atoms with E-state index in [1.54, 1.807) is 18.2 Å². The van der Waals surface area contributed by atoms with E-state index in [1.165, 1.54) is 12.1 Å². The van der Waals surface area contributed by atoms with Crippen LogP contribution in [0.15, 0.2) is 39.7 Å². The van der Waals surface area contributed by atoms with Gasteiger partial charge in [0.15, 0.2) is 0 Å². The van der Waals surface area contributed by atoms with Gasteiger partial charge in [0.2, 0.25) is 0 Å². The van der Waals surface area contributed by atoms with Crippen molar-refractivity contribution in [2.45, 2.75) is 4.90 Å². The van der Waals surface area contributed by atoms with Crippen LogP contribution in [-0.2, 0) is 10.0 Å². The minimum Gasteiger partial charge on any atom is -0.216 e. The lowest BCUT2D eigenvalue weighted by molar-refractivity contribution is 0.597. The first-order valence-electron chi connectivity index (χ1n) is 3.03. The van der Waals surface area contributed by atoms with Gasteiger partial charge in [0, 0.05) is 9.43 Å². The van der Waals surface area contributed by atoms with Crippen LogP contribution in [0.4, 0.5) is 0 Å². The van der Waals surface area contributed by atoms with Crippen LogP contribution in [0.3, 0.4) is 0 Å². The molecule has 0 atom stereocenters. The first-order chi connectivity index (χ1) is 5.67. The molecule has 0 aliphatic carbocycles. The maximum Gasteiger partial charge on any atom is 0.264 e.